The molecule has 9 heteroatoms. The molecule has 0 spiro atoms. The number of nitrogens with one attached hydrogen (secondary N) is 2. The smallest absolute Gasteiger partial charge is 0.389 e. The molecule has 0 bridgehead atoms. The van der Waals surface area contributed by atoms with E-state index in [-0.39, 0.29) is 5.88 Å². The molecule has 1 fully saturated rings. The van der Waals surface area contributed by atoms with Crippen LogP contribution in [0, 0.1) is 6.92 Å². The van der Waals surface area contributed by atoms with Crippen LogP contribution in [0.15, 0.2) is 36.2 Å². The van der Waals surface area contributed by atoms with E-state index in [1.807, 2.05) is 18.4 Å². The first kappa shape index (κ1) is 16.4. The normalized spacial score (nSPS) is 13.3. The van der Waals surface area contributed by atoms with E-state index >= 15 is 0 Å². The Bertz CT molecular complexity index is 926. The number of aromatic nitrogens is 4. The summed E-state index contributed by atoms with van der Waals surface area (Å²) in [6.07, 6.45) is 6.37. The van der Waals surface area contributed by atoms with Gasteiger partial charge in [-0.15, -0.1) is 11.3 Å². The van der Waals surface area contributed by atoms with Crippen LogP contribution in [0.5, 0.6) is 5.88 Å². The van der Waals surface area contributed by atoms with Crippen molar-refractivity contribution < 1.29 is 9.53 Å². The minimum absolute atomic E-state index is 0.172. The van der Waals surface area contributed by atoms with Gasteiger partial charge in [-0.3, -0.25) is 5.32 Å². The van der Waals surface area contributed by atoms with E-state index in [1.165, 1.54) is 30.5 Å². The minimum Gasteiger partial charge on any atom is -0.389 e. The summed E-state index contributed by atoms with van der Waals surface area (Å²) in [6.45, 7) is 1.82. The lowest BCUT2D eigenvalue weighted by Gasteiger charge is -2.11. The number of hydrogen-bond acceptors (Lipinski definition) is 8. The molecule has 0 atom stereocenters. The zero-order chi connectivity index (χ0) is 17.9. The molecule has 2 N–H and O–H groups in total. The molecular formula is C17H16N6O2S. The van der Waals surface area contributed by atoms with Gasteiger partial charge in [-0.05, 0) is 31.9 Å². The van der Waals surface area contributed by atoms with Crippen molar-refractivity contribution in [2.24, 2.45) is 0 Å². The maximum Gasteiger partial charge on any atom is 0.420 e. The summed E-state index contributed by atoms with van der Waals surface area (Å²) in [4.78, 5) is 28.8. The summed E-state index contributed by atoms with van der Waals surface area (Å²) in [6, 6.07) is 3.60. The van der Waals surface area contributed by atoms with Crippen LogP contribution in [-0.2, 0) is 0 Å². The van der Waals surface area contributed by atoms with Crippen LogP contribution >= 0.6 is 11.3 Å². The molecule has 0 saturated heterocycles. The molecule has 0 radical (unpaired) electrons. The van der Waals surface area contributed by atoms with Gasteiger partial charge in [0.05, 0.1) is 23.8 Å². The molecule has 3 heterocycles. The average molecular weight is 368 g/mol. The van der Waals surface area contributed by atoms with Crippen molar-refractivity contribution in [3.8, 4) is 5.88 Å². The first-order valence-corrected chi connectivity index (χ1v) is 8.99. The summed E-state index contributed by atoms with van der Waals surface area (Å²) in [5.41, 5.74) is 2.97. The molecule has 3 aromatic rings. The van der Waals surface area contributed by atoms with Gasteiger partial charge in [0.1, 0.15) is 12.0 Å². The van der Waals surface area contributed by atoms with Gasteiger partial charge in [0.15, 0.2) is 5.13 Å². The van der Waals surface area contributed by atoms with Crippen LogP contribution in [0.25, 0.3) is 0 Å². The lowest BCUT2D eigenvalue weighted by molar-refractivity contribution is 0.213. The Morgan fingerprint density at radius 1 is 1.23 bits per heavy atom. The molecule has 0 aromatic carbocycles. The van der Waals surface area contributed by atoms with Crippen molar-refractivity contribution in [1.82, 2.24) is 19.9 Å². The van der Waals surface area contributed by atoms with Gasteiger partial charge in [-0.2, -0.15) is 0 Å². The zero-order valence-electron chi connectivity index (χ0n) is 14.0. The number of rotatable bonds is 5. The van der Waals surface area contributed by atoms with Gasteiger partial charge >= 0.3 is 6.09 Å². The third-order valence-corrected chi connectivity index (χ3v) is 4.53. The first-order chi connectivity index (χ1) is 12.7. The highest BCUT2D eigenvalue weighted by Gasteiger charge is 2.26. The number of nitrogens with zero attached hydrogens (tertiary/aromatic N) is 4. The highest BCUT2D eigenvalue weighted by Crippen LogP contribution is 2.40. The molecule has 3 aromatic heterocycles. The number of anilines is 3. The third kappa shape index (κ3) is 3.94. The van der Waals surface area contributed by atoms with Gasteiger partial charge in [0.25, 0.3) is 0 Å². The molecule has 132 valence electrons. The van der Waals surface area contributed by atoms with Crippen LogP contribution in [0.3, 0.4) is 0 Å². The zero-order valence-corrected chi connectivity index (χ0v) is 14.8. The Morgan fingerprint density at radius 3 is 2.81 bits per heavy atom. The van der Waals surface area contributed by atoms with Crippen molar-refractivity contribution in [2.75, 3.05) is 10.6 Å². The van der Waals surface area contributed by atoms with Crippen molar-refractivity contribution in [2.45, 2.75) is 25.7 Å². The topological polar surface area (TPSA) is 102 Å². The van der Waals surface area contributed by atoms with E-state index in [2.05, 4.69) is 30.6 Å². The number of amides is 1. The largest absolute Gasteiger partial charge is 0.420 e. The SMILES string of the molecule is Cc1ccc(Nc2cncnc2)c(OC(=O)Nc2nc(C3CC3)cs2)n1. The van der Waals surface area contributed by atoms with Crippen LogP contribution < -0.4 is 15.4 Å². The highest BCUT2D eigenvalue weighted by atomic mass is 32.1. The van der Waals surface area contributed by atoms with Crippen molar-refractivity contribution >= 4 is 33.9 Å². The van der Waals surface area contributed by atoms with Crippen molar-refractivity contribution in [3.63, 3.8) is 0 Å². The van der Waals surface area contributed by atoms with Crippen molar-refractivity contribution in [1.29, 1.82) is 0 Å². The van der Waals surface area contributed by atoms with Crippen LogP contribution in [-0.4, -0.2) is 26.0 Å². The number of ether oxygens (including phenoxy) is 1. The lowest BCUT2D eigenvalue weighted by atomic mass is 10.3. The lowest BCUT2D eigenvalue weighted by Crippen LogP contribution is -2.18. The second-order valence-corrected chi connectivity index (χ2v) is 6.78. The summed E-state index contributed by atoms with van der Waals surface area (Å²) in [5.74, 6) is 0.713. The maximum atomic E-state index is 12.2. The molecule has 0 unspecified atom stereocenters. The molecule has 1 amide bonds. The number of hydrogen-bond donors (Lipinski definition) is 2. The third-order valence-electron chi connectivity index (χ3n) is 3.76. The summed E-state index contributed by atoms with van der Waals surface area (Å²) in [5, 5.41) is 8.24. The molecule has 8 nitrogen and oxygen atoms in total. The summed E-state index contributed by atoms with van der Waals surface area (Å²) >= 11 is 1.39. The van der Waals surface area contributed by atoms with Crippen molar-refractivity contribution in [3.05, 3.63) is 47.6 Å². The number of thiazole rings is 1. The van der Waals surface area contributed by atoms with Crippen LogP contribution in [0.1, 0.15) is 30.1 Å². The molecule has 1 aliphatic rings. The average Bonchev–Trinajstić information content (AvgIpc) is 3.38. The Hall–Kier alpha value is -3.07. The fourth-order valence-corrected chi connectivity index (χ4v) is 3.11. The number of aryl methyl sites for hydroxylation is 1. The first-order valence-electron chi connectivity index (χ1n) is 8.11. The number of pyridine rings is 1. The van der Waals surface area contributed by atoms with Gasteiger partial charge in [0.2, 0.25) is 5.88 Å². The fourth-order valence-electron chi connectivity index (χ4n) is 2.34. The quantitative estimate of drug-likeness (QED) is 0.705. The van der Waals surface area contributed by atoms with E-state index in [1.54, 1.807) is 18.5 Å². The predicted octanol–water partition coefficient (Wildman–Crippen LogP) is 3.87. The number of carbonyl (C=O) groups is 1. The maximum absolute atomic E-state index is 12.2. The van der Waals surface area contributed by atoms with Gasteiger partial charge < -0.3 is 10.1 Å². The molecule has 4 rings (SSSR count). The van der Waals surface area contributed by atoms with Gasteiger partial charge in [-0.1, -0.05) is 0 Å². The predicted molar refractivity (Wildman–Crippen MR) is 98.0 cm³/mol. The monoisotopic (exact) mass is 368 g/mol. The van der Waals surface area contributed by atoms with E-state index in [0.717, 1.165) is 11.4 Å². The van der Waals surface area contributed by atoms with E-state index in [9.17, 15) is 4.79 Å². The second kappa shape index (κ2) is 7.04. The van der Waals surface area contributed by atoms with E-state index < -0.39 is 6.09 Å². The van der Waals surface area contributed by atoms with E-state index in [0.29, 0.717) is 22.4 Å². The molecule has 0 aliphatic heterocycles. The summed E-state index contributed by atoms with van der Waals surface area (Å²) in [7, 11) is 0. The standard InChI is InChI=1S/C17H16N6O2S/c1-10-2-5-13(21-12-6-18-9-19-7-12)15(20-10)25-17(24)23-16-22-14(8-26-16)11-3-4-11/h2,5-9,11,21H,3-4H2,1H3,(H,22,23,24). The van der Waals surface area contributed by atoms with Gasteiger partial charge in [-0.25, -0.2) is 24.7 Å². The number of carbonyl (C=O) groups excluding carboxylic acids is 1. The Labute approximate surface area is 153 Å². The van der Waals surface area contributed by atoms with E-state index in [4.69, 9.17) is 4.74 Å². The molecular weight excluding hydrogens is 352 g/mol. The Balaban J connectivity index is 1.47. The highest BCUT2D eigenvalue weighted by molar-refractivity contribution is 7.13. The summed E-state index contributed by atoms with van der Waals surface area (Å²) < 4.78 is 5.39. The van der Waals surface area contributed by atoms with Gasteiger partial charge in [0, 0.05) is 17.0 Å². The fraction of sp³-hybridized carbons (Fsp3) is 0.235. The minimum atomic E-state index is -0.632. The Morgan fingerprint density at radius 2 is 2.04 bits per heavy atom. The molecule has 1 aliphatic carbocycles. The Kier molecular flexibility index (Phi) is 4.44. The van der Waals surface area contributed by atoms with Crippen LogP contribution in [0.2, 0.25) is 0 Å². The van der Waals surface area contributed by atoms with Crippen LogP contribution in [0.4, 0.5) is 21.3 Å². The molecule has 1 saturated carbocycles. The second-order valence-electron chi connectivity index (χ2n) is 5.92. The molecule has 26 heavy (non-hydrogen) atoms.